The Labute approximate surface area is 53.9 Å². The van der Waals surface area contributed by atoms with Crippen molar-refractivity contribution in [1.82, 2.24) is 4.90 Å². The molecule has 0 N–H and O–H groups in total. The van der Waals surface area contributed by atoms with Gasteiger partial charge in [0, 0.05) is 13.5 Å². The predicted molar refractivity (Wildman–Crippen MR) is 31.4 cm³/mol. The van der Waals surface area contributed by atoms with E-state index in [4.69, 9.17) is 5.26 Å². The number of nitrogens with zero attached hydrogens (tertiary/aromatic N) is 2. The minimum absolute atomic E-state index is 0.0848. The van der Waals surface area contributed by atoms with Gasteiger partial charge in [-0.2, -0.15) is 5.26 Å². The summed E-state index contributed by atoms with van der Waals surface area (Å²) in [6.45, 7) is 0. The lowest BCUT2D eigenvalue weighted by Gasteiger charge is -2.10. The van der Waals surface area contributed by atoms with Crippen molar-refractivity contribution < 1.29 is 4.79 Å². The maximum absolute atomic E-state index is 10.7. The molecule has 1 rings (SSSR count). The lowest BCUT2D eigenvalue weighted by Crippen LogP contribution is -2.26. The molecule has 0 radical (unpaired) electrons. The molecule has 1 saturated heterocycles. The highest BCUT2D eigenvalue weighted by Gasteiger charge is 2.26. The van der Waals surface area contributed by atoms with Gasteiger partial charge in [0.2, 0.25) is 5.91 Å². The Morgan fingerprint density at radius 3 is 2.78 bits per heavy atom. The summed E-state index contributed by atoms with van der Waals surface area (Å²) >= 11 is 0. The largest absolute Gasteiger partial charge is 0.330 e. The van der Waals surface area contributed by atoms with Crippen LogP contribution in [0.1, 0.15) is 12.8 Å². The van der Waals surface area contributed by atoms with E-state index in [1.165, 1.54) is 4.90 Å². The molecule has 1 unspecified atom stereocenters. The van der Waals surface area contributed by atoms with E-state index < -0.39 is 0 Å². The third kappa shape index (κ3) is 0.879. The van der Waals surface area contributed by atoms with Crippen LogP contribution in [0.25, 0.3) is 0 Å². The van der Waals surface area contributed by atoms with E-state index in [1.807, 2.05) is 6.07 Å². The Bertz CT molecular complexity index is 170. The molecule has 0 bridgehead atoms. The zero-order chi connectivity index (χ0) is 6.85. The summed E-state index contributed by atoms with van der Waals surface area (Å²) in [5.41, 5.74) is 0. The molecule has 0 aromatic heterocycles. The van der Waals surface area contributed by atoms with Crippen LogP contribution < -0.4 is 0 Å². The zero-order valence-corrected chi connectivity index (χ0v) is 5.29. The molecule has 0 aromatic carbocycles. The molecular weight excluding hydrogens is 116 g/mol. The Balaban J connectivity index is 2.64. The fourth-order valence-corrected chi connectivity index (χ4v) is 0.955. The molecule has 3 nitrogen and oxygen atoms in total. The van der Waals surface area contributed by atoms with E-state index in [1.54, 1.807) is 7.05 Å². The molecule has 1 aliphatic heterocycles. The van der Waals surface area contributed by atoms with Crippen LogP contribution in [0.3, 0.4) is 0 Å². The Morgan fingerprint density at radius 1 is 1.89 bits per heavy atom. The molecule has 1 aliphatic rings. The molecule has 1 atom stereocenters. The molecule has 9 heavy (non-hydrogen) atoms. The molecular formula is C6H8N2O. The van der Waals surface area contributed by atoms with Gasteiger partial charge >= 0.3 is 0 Å². The zero-order valence-electron chi connectivity index (χ0n) is 5.29. The van der Waals surface area contributed by atoms with Gasteiger partial charge in [-0.1, -0.05) is 0 Å². The lowest BCUT2D eigenvalue weighted by molar-refractivity contribution is -0.127. The van der Waals surface area contributed by atoms with Gasteiger partial charge in [0.15, 0.2) is 0 Å². The second kappa shape index (κ2) is 2.06. The van der Waals surface area contributed by atoms with Crippen LogP contribution in [0.4, 0.5) is 0 Å². The van der Waals surface area contributed by atoms with Crippen LogP contribution in [0.15, 0.2) is 0 Å². The average molecular weight is 124 g/mol. The van der Waals surface area contributed by atoms with Crippen molar-refractivity contribution in [2.75, 3.05) is 7.05 Å². The van der Waals surface area contributed by atoms with Crippen LogP contribution in [0, 0.1) is 11.3 Å². The van der Waals surface area contributed by atoms with Gasteiger partial charge < -0.3 is 4.90 Å². The highest BCUT2D eigenvalue weighted by molar-refractivity contribution is 5.78. The van der Waals surface area contributed by atoms with Crippen molar-refractivity contribution in [3.05, 3.63) is 0 Å². The van der Waals surface area contributed by atoms with Gasteiger partial charge in [0.1, 0.15) is 6.04 Å². The predicted octanol–water partition coefficient (Wildman–Crippen LogP) is 0.131. The van der Waals surface area contributed by atoms with Gasteiger partial charge in [-0.05, 0) is 6.42 Å². The maximum Gasteiger partial charge on any atom is 0.223 e. The van der Waals surface area contributed by atoms with Crippen molar-refractivity contribution >= 4 is 5.91 Å². The fraction of sp³-hybridized carbons (Fsp3) is 0.667. The topological polar surface area (TPSA) is 44.1 Å². The first-order chi connectivity index (χ1) is 4.25. The van der Waals surface area contributed by atoms with Gasteiger partial charge in [0.05, 0.1) is 6.07 Å². The number of hydrogen-bond acceptors (Lipinski definition) is 2. The minimum Gasteiger partial charge on any atom is -0.330 e. The van der Waals surface area contributed by atoms with E-state index in [-0.39, 0.29) is 11.9 Å². The number of likely N-dealkylation sites (tertiary alicyclic amines) is 1. The summed E-state index contributed by atoms with van der Waals surface area (Å²) in [4.78, 5) is 12.2. The first kappa shape index (κ1) is 6.09. The molecule has 1 fully saturated rings. The quantitative estimate of drug-likeness (QED) is 0.460. The van der Waals surface area contributed by atoms with Crippen molar-refractivity contribution in [1.29, 1.82) is 5.26 Å². The molecule has 0 saturated carbocycles. The molecule has 3 heteroatoms. The first-order valence-corrected chi connectivity index (χ1v) is 2.91. The van der Waals surface area contributed by atoms with Crippen molar-refractivity contribution in [3.63, 3.8) is 0 Å². The van der Waals surface area contributed by atoms with Gasteiger partial charge in [0.25, 0.3) is 0 Å². The smallest absolute Gasteiger partial charge is 0.223 e. The SMILES string of the molecule is CN1C(=O)CCC1C#N. The third-order valence-electron chi connectivity index (χ3n) is 1.64. The van der Waals surface area contributed by atoms with Crippen LogP contribution in [-0.4, -0.2) is 23.9 Å². The molecule has 48 valence electrons. The Kier molecular flexibility index (Phi) is 1.39. The summed E-state index contributed by atoms with van der Waals surface area (Å²) < 4.78 is 0. The number of amides is 1. The van der Waals surface area contributed by atoms with Crippen molar-refractivity contribution in [2.45, 2.75) is 18.9 Å². The van der Waals surface area contributed by atoms with E-state index in [0.717, 1.165) is 0 Å². The Morgan fingerprint density at radius 2 is 2.56 bits per heavy atom. The summed E-state index contributed by atoms with van der Waals surface area (Å²) in [6.07, 6.45) is 1.24. The fourth-order valence-electron chi connectivity index (χ4n) is 0.955. The summed E-state index contributed by atoms with van der Waals surface area (Å²) in [5, 5.41) is 8.41. The minimum atomic E-state index is -0.169. The van der Waals surface area contributed by atoms with Crippen molar-refractivity contribution in [3.8, 4) is 6.07 Å². The second-order valence-electron chi connectivity index (χ2n) is 2.19. The summed E-state index contributed by atoms with van der Waals surface area (Å²) in [5.74, 6) is 0.0848. The van der Waals surface area contributed by atoms with Crippen LogP contribution in [0.5, 0.6) is 0 Å². The number of hydrogen-bond donors (Lipinski definition) is 0. The molecule has 0 spiro atoms. The Hall–Kier alpha value is -1.04. The van der Waals surface area contributed by atoms with E-state index in [9.17, 15) is 4.79 Å². The van der Waals surface area contributed by atoms with Gasteiger partial charge in [-0.15, -0.1) is 0 Å². The summed E-state index contributed by atoms with van der Waals surface area (Å²) in [7, 11) is 1.67. The normalized spacial score (nSPS) is 26.4. The van der Waals surface area contributed by atoms with E-state index >= 15 is 0 Å². The third-order valence-corrected chi connectivity index (χ3v) is 1.64. The number of carbonyl (C=O) groups excluding carboxylic acids is 1. The molecule has 0 aliphatic carbocycles. The molecule has 1 amide bonds. The highest BCUT2D eigenvalue weighted by Crippen LogP contribution is 2.14. The molecule has 0 aromatic rings. The second-order valence-corrected chi connectivity index (χ2v) is 2.19. The maximum atomic E-state index is 10.7. The van der Waals surface area contributed by atoms with E-state index in [0.29, 0.717) is 12.8 Å². The lowest BCUT2D eigenvalue weighted by atomic mass is 10.2. The average Bonchev–Trinajstić information content (AvgIpc) is 2.15. The standard InChI is InChI=1S/C6H8N2O/c1-8-5(4-7)2-3-6(8)9/h5H,2-3H2,1H3. The highest BCUT2D eigenvalue weighted by atomic mass is 16.2. The first-order valence-electron chi connectivity index (χ1n) is 2.91. The summed E-state index contributed by atoms with van der Waals surface area (Å²) in [6, 6.07) is 1.88. The molecule has 1 heterocycles. The number of rotatable bonds is 0. The van der Waals surface area contributed by atoms with Crippen LogP contribution in [-0.2, 0) is 4.79 Å². The van der Waals surface area contributed by atoms with Gasteiger partial charge in [-0.3, -0.25) is 4.79 Å². The van der Waals surface area contributed by atoms with Crippen LogP contribution >= 0.6 is 0 Å². The van der Waals surface area contributed by atoms with Gasteiger partial charge in [-0.25, -0.2) is 0 Å². The number of carbonyl (C=O) groups is 1. The monoisotopic (exact) mass is 124 g/mol. The van der Waals surface area contributed by atoms with Crippen molar-refractivity contribution in [2.24, 2.45) is 0 Å². The van der Waals surface area contributed by atoms with Crippen LogP contribution in [0.2, 0.25) is 0 Å². The van der Waals surface area contributed by atoms with E-state index in [2.05, 4.69) is 0 Å². The number of nitriles is 1.